The Kier molecular flexibility index (Phi) is 7.31. The van der Waals surface area contributed by atoms with Crippen LogP contribution in [0.2, 0.25) is 0 Å². The zero-order chi connectivity index (χ0) is 28.1. The van der Waals surface area contributed by atoms with E-state index in [0.29, 0.717) is 13.0 Å². The van der Waals surface area contributed by atoms with Crippen molar-refractivity contribution in [3.05, 3.63) is 65.2 Å². The Morgan fingerprint density at radius 1 is 1.10 bits per heavy atom. The number of hydrogen-bond donors (Lipinski definition) is 3. The van der Waals surface area contributed by atoms with Crippen molar-refractivity contribution >= 4 is 35.2 Å². The predicted octanol–water partition coefficient (Wildman–Crippen LogP) is 4.06. The molecule has 7 nitrogen and oxygen atoms in total. The molecule has 3 N–H and O–H groups in total. The molecule has 8 heteroatoms. The number of aliphatic hydroxyl groups excluding tert-OH is 1. The number of thioether (sulfide) groups is 1. The lowest BCUT2D eigenvalue weighted by atomic mass is 9.66. The van der Waals surface area contributed by atoms with Crippen molar-refractivity contribution in [2.45, 2.75) is 75.6 Å². The van der Waals surface area contributed by atoms with Crippen molar-refractivity contribution in [2.75, 3.05) is 11.9 Å². The van der Waals surface area contributed by atoms with Gasteiger partial charge in [0.25, 0.3) is 0 Å². The molecule has 2 bridgehead atoms. The minimum Gasteiger partial charge on any atom is -0.394 e. The van der Waals surface area contributed by atoms with Gasteiger partial charge in [-0.3, -0.25) is 14.4 Å². The van der Waals surface area contributed by atoms with Gasteiger partial charge in [-0.15, -0.1) is 11.8 Å². The monoisotopic (exact) mass is 549 g/mol. The minimum absolute atomic E-state index is 0.0617. The molecule has 2 aromatic carbocycles. The third kappa shape index (κ3) is 4.55. The van der Waals surface area contributed by atoms with Crippen LogP contribution in [0, 0.1) is 31.6 Å². The Morgan fingerprint density at radius 2 is 1.82 bits per heavy atom. The standard InChI is InChI=1S/C31H39N3O4S/c1-18(2)23(17-35)34-26(28(37)33-22-15-19(3)11-12-20(22)4)31-14-13-30(5,39-31)24(25(31)29(34)38)27(36)32-16-21-9-7-6-8-10-21/h6-12,15,18,23-26,35H,13-14,16-17H2,1-5H3,(H,32,36)(H,33,37)/t23-,24-,25-,26?,30+,31?/m0/s1. The summed E-state index contributed by atoms with van der Waals surface area (Å²) in [5.74, 6) is -1.83. The maximum absolute atomic E-state index is 14.3. The van der Waals surface area contributed by atoms with Gasteiger partial charge in [-0.05, 0) is 62.3 Å². The van der Waals surface area contributed by atoms with Gasteiger partial charge in [-0.25, -0.2) is 0 Å². The molecule has 3 fully saturated rings. The summed E-state index contributed by atoms with van der Waals surface area (Å²) in [6, 6.07) is 14.3. The summed E-state index contributed by atoms with van der Waals surface area (Å²) in [6.07, 6.45) is 1.42. The molecule has 2 aromatic rings. The first-order chi connectivity index (χ1) is 18.5. The van der Waals surface area contributed by atoms with E-state index in [4.69, 9.17) is 0 Å². The van der Waals surface area contributed by atoms with Crippen molar-refractivity contribution in [2.24, 2.45) is 17.8 Å². The Bertz CT molecular complexity index is 1280. The van der Waals surface area contributed by atoms with Crippen LogP contribution in [0.4, 0.5) is 5.69 Å². The van der Waals surface area contributed by atoms with Gasteiger partial charge in [0.05, 0.1) is 29.2 Å². The number of nitrogens with zero attached hydrogens (tertiary/aromatic N) is 1. The van der Waals surface area contributed by atoms with E-state index in [1.54, 1.807) is 16.7 Å². The van der Waals surface area contributed by atoms with E-state index in [1.165, 1.54) is 0 Å². The summed E-state index contributed by atoms with van der Waals surface area (Å²) < 4.78 is -1.18. The Labute approximate surface area is 235 Å². The zero-order valence-corrected chi connectivity index (χ0v) is 24.2. The van der Waals surface area contributed by atoms with Gasteiger partial charge >= 0.3 is 0 Å². The van der Waals surface area contributed by atoms with E-state index >= 15 is 0 Å². The molecular weight excluding hydrogens is 510 g/mol. The average molecular weight is 550 g/mol. The van der Waals surface area contributed by atoms with Gasteiger partial charge in [-0.2, -0.15) is 0 Å². The highest BCUT2D eigenvalue weighted by molar-refractivity contribution is 8.02. The van der Waals surface area contributed by atoms with Crippen molar-refractivity contribution < 1.29 is 19.5 Å². The maximum atomic E-state index is 14.3. The third-order valence-corrected chi connectivity index (χ3v) is 11.0. The first-order valence-electron chi connectivity index (χ1n) is 13.9. The summed E-state index contributed by atoms with van der Waals surface area (Å²) >= 11 is 1.65. The smallest absolute Gasteiger partial charge is 0.248 e. The number of carbonyl (C=O) groups excluding carboxylic acids is 3. The fraction of sp³-hybridized carbons (Fsp3) is 0.516. The van der Waals surface area contributed by atoms with Crippen LogP contribution in [-0.4, -0.2) is 55.9 Å². The van der Waals surface area contributed by atoms with E-state index in [-0.39, 0.29) is 30.2 Å². The molecule has 0 radical (unpaired) electrons. The second-order valence-electron chi connectivity index (χ2n) is 12.0. The highest BCUT2D eigenvalue weighted by atomic mass is 32.2. The van der Waals surface area contributed by atoms with Gasteiger partial charge in [0.1, 0.15) is 6.04 Å². The molecule has 3 aliphatic rings. The molecule has 208 valence electrons. The number of aryl methyl sites for hydroxylation is 2. The highest BCUT2D eigenvalue weighted by Crippen LogP contribution is 2.71. The lowest BCUT2D eigenvalue weighted by Crippen LogP contribution is -2.56. The van der Waals surface area contributed by atoms with Crippen LogP contribution in [0.3, 0.4) is 0 Å². The molecule has 1 spiro atoms. The highest BCUT2D eigenvalue weighted by Gasteiger charge is 2.77. The van der Waals surface area contributed by atoms with Gasteiger partial charge in [0, 0.05) is 17.0 Å². The van der Waals surface area contributed by atoms with Crippen LogP contribution >= 0.6 is 11.8 Å². The van der Waals surface area contributed by atoms with Gasteiger partial charge < -0.3 is 20.6 Å². The van der Waals surface area contributed by atoms with Crippen molar-refractivity contribution in [3.8, 4) is 0 Å². The number of likely N-dealkylation sites (tertiary alicyclic amines) is 1. The van der Waals surface area contributed by atoms with E-state index in [9.17, 15) is 19.5 Å². The Balaban J connectivity index is 1.52. The van der Waals surface area contributed by atoms with E-state index in [1.807, 2.05) is 76.2 Å². The Hall–Kier alpha value is -2.84. The van der Waals surface area contributed by atoms with E-state index in [2.05, 4.69) is 17.6 Å². The fourth-order valence-electron chi connectivity index (χ4n) is 7.01. The molecule has 3 saturated heterocycles. The minimum atomic E-state index is -0.784. The molecule has 5 rings (SSSR count). The van der Waals surface area contributed by atoms with Crippen molar-refractivity contribution in [1.29, 1.82) is 0 Å². The number of benzene rings is 2. The number of nitrogens with one attached hydrogen (secondary N) is 2. The second kappa shape index (κ2) is 10.3. The molecule has 39 heavy (non-hydrogen) atoms. The van der Waals surface area contributed by atoms with Crippen LogP contribution in [-0.2, 0) is 20.9 Å². The average Bonchev–Trinajstić information content (AvgIpc) is 3.46. The molecule has 2 unspecified atom stereocenters. The van der Waals surface area contributed by atoms with Gasteiger partial charge in [-0.1, -0.05) is 56.3 Å². The molecule has 3 aliphatic heterocycles. The number of carbonyl (C=O) groups is 3. The normalized spacial score (nSPS) is 30.0. The van der Waals surface area contributed by atoms with E-state index < -0.39 is 33.4 Å². The SMILES string of the molecule is Cc1ccc(C)c(NC(=O)C2N([C@@H](CO)C(C)C)C(=O)[C@@H]3[C@@H](C(=O)NCc4ccccc4)[C@@]4(C)CCC23S4)c1. The van der Waals surface area contributed by atoms with Crippen LogP contribution in [0.25, 0.3) is 0 Å². The fourth-order valence-corrected chi connectivity index (χ4v) is 9.35. The summed E-state index contributed by atoms with van der Waals surface area (Å²) in [5.41, 5.74) is 3.68. The lowest BCUT2D eigenvalue weighted by Gasteiger charge is -2.38. The van der Waals surface area contributed by atoms with Crippen molar-refractivity contribution in [3.63, 3.8) is 0 Å². The number of hydrogen-bond acceptors (Lipinski definition) is 5. The topological polar surface area (TPSA) is 98.7 Å². The number of rotatable bonds is 8. The largest absolute Gasteiger partial charge is 0.394 e. The van der Waals surface area contributed by atoms with E-state index in [0.717, 1.165) is 28.8 Å². The van der Waals surface area contributed by atoms with Crippen LogP contribution < -0.4 is 10.6 Å². The van der Waals surface area contributed by atoms with Gasteiger partial charge in [0.2, 0.25) is 17.7 Å². The first kappa shape index (κ1) is 27.7. The maximum Gasteiger partial charge on any atom is 0.248 e. The van der Waals surface area contributed by atoms with Crippen molar-refractivity contribution in [1.82, 2.24) is 10.2 Å². The summed E-state index contributed by atoms with van der Waals surface area (Å²) in [5, 5.41) is 16.6. The van der Waals surface area contributed by atoms with Crippen LogP contribution in [0.5, 0.6) is 0 Å². The lowest BCUT2D eigenvalue weighted by molar-refractivity contribution is -0.143. The van der Waals surface area contributed by atoms with Crippen LogP contribution in [0.15, 0.2) is 48.5 Å². The molecule has 6 atom stereocenters. The predicted molar refractivity (Wildman–Crippen MR) is 154 cm³/mol. The summed E-state index contributed by atoms with van der Waals surface area (Å²) in [4.78, 5) is 43.9. The molecular formula is C31H39N3O4S. The molecule has 0 saturated carbocycles. The summed E-state index contributed by atoms with van der Waals surface area (Å²) in [7, 11) is 0. The first-order valence-corrected chi connectivity index (χ1v) is 14.7. The number of amides is 3. The Morgan fingerprint density at radius 3 is 2.49 bits per heavy atom. The number of anilines is 1. The third-order valence-electron chi connectivity index (χ3n) is 9.02. The molecule has 0 aromatic heterocycles. The second-order valence-corrected chi connectivity index (χ2v) is 13.9. The zero-order valence-electron chi connectivity index (χ0n) is 23.4. The quantitative estimate of drug-likeness (QED) is 0.461. The molecule has 3 amide bonds. The number of aliphatic hydroxyl groups is 1. The molecule has 3 heterocycles. The molecule has 0 aliphatic carbocycles. The number of fused-ring (bicyclic) bond motifs is 1. The van der Waals surface area contributed by atoms with Crippen LogP contribution in [0.1, 0.15) is 50.3 Å². The summed E-state index contributed by atoms with van der Waals surface area (Å²) in [6.45, 7) is 10.0. The van der Waals surface area contributed by atoms with Gasteiger partial charge in [0.15, 0.2) is 0 Å².